The standard InChI is InChI=1S/C12H14ClF2N/c13-10-3-1-9(2-4-10)11(8-16)5-6-12(14,15)7-11/h1-4H,5-8,16H2. The van der Waals surface area contributed by atoms with Crippen LogP contribution in [-0.4, -0.2) is 12.5 Å². The van der Waals surface area contributed by atoms with Gasteiger partial charge in [0.2, 0.25) is 5.92 Å². The first-order valence-electron chi connectivity index (χ1n) is 5.31. The average molecular weight is 246 g/mol. The monoisotopic (exact) mass is 245 g/mol. The third-order valence-electron chi connectivity index (χ3n) is 3.41. The van der Waals surface area contributed by atoms with Crippen LogP contribution < -0.4 is 5.73 Å². The van der Waals surface area contributed by atoms with E-state index in [-0.39, 0.29) is 19.4 Å². The predicted octanol–water partition coefficient (Wildman–Crippen LogP) is 3.36. The van der Waals surface area contributed by atoms with Crippen LogP contribution >= 0.6 is 11.6 Å². The summed E-state index contributed by atoms with van der Waals surface area (Å²) in [4.78, 5) is 0. The molecule has 2 N–H and O–H groups in total. The van der Waals surface area contributed by atoms with Crippen LogP contribution in [0.4, 0.5) is 8.78 Å². The Balaban J connectivity index is 2.33. The highest BCUT2D eigenvalue weighted by Gasteiger charge is 2.49. The van der Waals surface area contributed by atoms with Crippen LogP contribution in [0.1, 0.15) is 24.8 Å². The van der Waals surface area contributed by atoms with Crippen molar-refractivity contribution in [3.8, 4) is 0 Å². The first-order valence-corrected chi connectivity index (χ1v) is 5.69. The maximum absolute atomic E-state index is 13.3. The SMILES string of the molecule is NCC1(c2ccc(Cl)cc2)CCC(F)(F)C1. The summed E-state index contributed by atoms with van der Waals surface area (Å²) in [6.07, 6.45) is 0.211. The van der Waals surface area contributed by atoms with Crippen LogP contribution in [0.2, 0.25) is 5.02 Å². The van der Waals surface area contributed by atoms with Gasteiger partial charge in [-0.2, -0.15) is 0 Å². The molecule has 0 bridgehead atoms. The van der Waals surface area contributed by atoms with Crippen LogP contribution in [0, 0.1) is 0 Å². The average Bonchev–Trinajstić information content (AvgIpc) is 2.57. The van der Waals surface area contributed by atoms with E-state index in [1.165, 1.54) is 0 Å². The van der Waals surface area contributed by atoms with Gasteiger partial charge in [-0.15, -0.1) is 0 Å². The second kappa shape index (κ2) is 3.97. The van der Waals surface area contributed by atoms with Gasteiger partial charge < -0.3 is 5.73 Å². The summed E-state index contributed by atoms with van der Waals surface area (Å²) in [7, 11) is 0. The van der Waals surface area contributed by atoms with Gasteiger partial charge in [0, 0.05) is 29.8 Å². The van der Waals surface area contributed by atoms with E-state index in [9.17, 15) is 8.78 Å². The van der Waals surface area contributed by atoms with Crippen LogP contribution in [0.15, 0.2) is 24.3 Å². The fraction of sp³-hybridized carbons (Fsp3) is 0.500. The zero-order valence-corrected chi connectivity index (χ0v) is 9.61. The van der Waals surface area contributed by atoms with Gasteiger partial charge in [-0.05, 0) is 24.1 Å². The number of alkyl halides is 2. The summed E-state index contributed by atoms with van der Waals surface area (Å²) in [6.45, 7) is 0.254. The van der Waals surface area contributed by atoms with Crippen LogP contribution in [-0.2, 0) is 5.41 Å². The zero-order chi connectivity index (χ0) is 11.8. The summed E-state index contributed by atoms with van der Waals surface area (Å²) in [6, 6.07) is 7.06. The first kappa shape index (κ1) is 11.8. The molecule has 0 radical (unpaired) electrons. The fourth-order valence-corrected chi connectivity index (χ4v) is 2.56. The summed E-state index contributed by atoms with van der Waals surface area (Å²) in [5, 5.41) is 0.612. The van der Waals surface area contributed by atoms with Crippen LogP contribution in [0.25, 0.3) is 0 Å². The second-order valence-electron chi connectivity index (χ2n) is 4.52. The maximum atomic E-state index is 13.3. The van der Waals surface area contributed by atoms with Gasteiger partial charge in [0.25, 0.3) is 0 Å². The lowest BCUT2D eigenvalue weighted by atomic mass is 9.79. The van der Waals surface area contributed by atoms with Gasteiger partial charge in [0.15, 0.2) is 0 Å². The molecule has 16 heavy (non-hydrogen) atoms. The topological polar surface area (TPSA) is 26.0 Å². The molecule has 1 aliphatic carbocycles. The molecule has 1 fully saturated rings. The minimum Gasteiger partial charge on any atom is -0.330 e. The van der Waals surface area contributed by atoms with Gasteiger partial charge in [0.1, 0.15) is 0 Å². The van der Waals surface area contributed by atoms with E-state index in [1.54, 1.807) is 24.3 Å². The van der Waals surface area contributed by atoms with Crippen molar-refractivity contribution in [3.63, 3.8) is 0 Å². The van der Waals surface area contributed by atoms with Crippen molar-refractivity contribution < 1.29 is 8.78 Å². The molecule has 0 aromatic heterocycles. The quantitative estimate of drug-likeness (QED) is 0.850. The molecular formula is C12H14ClF2N. The van der Waals surface area contributed by atoms with Crippen molar-refractivity contribution >= 4 is 11.6 Å². The molecule has 1 nitrogen and oxygen atoms in total. The lowest BCUT2D eigenvalue weighted by Gasteiger charge is -2.28. The second-order valence-corrected chi connectivity index (χ2v) is 4.96. The smallest absolute Gasteiger partial charge is 0.249 e. The molecule has 1 aliphatic rings. The largest absolute Gasteiger partial charge is 0.330 e. The molecule has 1 aromatic rings. The molecule has 1 aromatic carbocycles. The summed E-state index contributed by atoms with van der Waals surface area (Å²) in [5.41, 5.74) is 5.99. The van der Waals surface area contributed by atoms with Crippen LogP contribution in [0.3, 0.4) is 0 Å². The van der Waals surface area contributed by atoms with Crippen molar-refractivity contribution in [3.05, 3.63) is 34.9 Å². The predicted molar refractivity (Wildman–Crippen MR) is 61.0 cm³/mol. The molecule has 0 saturated heterocycles. The number of hydrogen-bond acceptors (Lipinski definition) is 1. The fourth-order valence-electron chi connectivity index (χ4n) is 2.44. The van der Waals surface area contributed by atoms with Gasteiger partial charge in [-0.25, -0.2) is 8.78 Å². The number of benzene rings is 1. The van der Waals surface area contributed by atoms with Crippen LogP contribution in [0.5, 0.6) is 0 Å². The maximum Gasteiger partial charge on any atom is 0.249 e. The van der Waals surface area contributed by atoms with Crippen molar-refractivity contribution in [1.82, 2.24) is 0 Å². The molecular weight excluding hydrogens is 232 g/mol. The third-order valence-corrected chi connectivity index (χ3v) is 3.67. The Bertz CT molecular complexity index is 377. The first-order chi connectivity index (χ1) is 7.47. The summed E-state index contributed by atoms with van der Waals surface area (Å²) < 4.78 is 26.6. The van der Waals surface area contributed by atoms with E-state index < -0.39 is 11.3 Å². The Kier molecular flexibility index (Phi) is 2.93. The zero-order valence-electron chi connectivity index (χ0n) is 8.85. The molecule has 0 spiro atoms. The minimum atomic E-state index is -2.58. The van der Waals surface area contributed by atoms with Gasteiger partial charge in [-0.1, -0.05) is 23.7 Å². The van der Waals surface area contributed by atoms with E-state index in [0.29, 0.717) is 11.4 Å². The van der Waals surface area contributed by atoms with Crippen molar-refractivity contribution in [2.45, 2.75) is 30.6 Å². The normalized spacial score (nSPS) is 28.2. The molecule has 0 aliphatic heterocycles. The highest BCUT2D eigenvalue weighted by molar-refractivity contribution is 6.30. The Morgan fingerprint density at radius 1 is 1.19 bits per heavy atom. The lowest BCUT2D eigenvalue weighted by molar-refractivity contribution is 0.00302. The third kappa shape index (κ3) is 2.06. The van der Waals surface area contributed by atoms with Gasteiger partial charge in [0.05, 0.1) is 0 Å². The van der Waals surface area contributed by atoms with Crippen molar-refractivity contribution in [2.24, 2.45) is 5.73 Å². The van der Waals surface area contributed by atoms with E-state index >= 15 is 0 Å². The Hall–Kier alpha value is -0.670. The Labute approximate surface area is 98.6 Å². The van der Waals surface area contributed by atoms with Crippen molar-refractivity contribution in [2.75, 3.05) is 6.54 Å². The number of nitrogens with two attached hydrogens (primary N) is 1. The van der Waals surface area contributed by atoms with E-state index in [4.69, 9.17) is 17.3 Å². The molecule has 88 valence electrons. The molecule has 2 rings (SSSR count). The van der Waals surface area contributed by atoms with Gasteiger partial charge in [-0.3, -0.25) is 0 Å². The number of rotatable bonds is 2. The highest BCUT2D eigenvalue weighted by atomic mass is 35.5. The van der Waals surface area contributed by atoms with Crippen molar-refractivity contribution in [1.29, 1.82) is 0 Å². The van der Waals surface area contributed by atoms with E-state index in [0.717, 1.165) is 5.56 Å². The summed E-state index contributed by atoms with van der Waals surface area (Å²) >= 11 is 5.78. The molecule has 1 atom stereocenters. The summed E-state index contributed by atoms with van der Waals surface area (Å²) in [5.74, 6) is -2.58. The Morgan fingerprint density at radius 2 is 1.81 bits per heavy atom. The lowest BCUT2D eigenvalue weighted by Crippen LogP contribution is -2.33. The molecule has 0 amide bonds. The number of halogens is 3. The molecule has 1 unspecified atom stereocenters. The Morgan fingerprint density at radius 3 is 2.25 bits per heavy atom. The molecule has 4 heteroatoms. The highest BCUT2D eigenvalue weighted by Crippen LogP contribution is 2.48. The number of hydrogen-bond donors (Lipinski definition) is 1. The van der Waals surface area contributed by atoms with E-state index in [1.807, 2.05) is 0 Å². The minimum absolute atomic E-state index is 0.0766. The van der Waals surface area contributed by atoms with Gasteiger partial charge >= 0.3 is 0 Å². The van der Waals surface area contributed by atoms with E-state index in [2.05, 4.69) is 0 Å². The molecule has 0 heterocycles. The molecule has 1 saturated carbocycles.